The molecular weight excluding hydrogens is 188 g/mol. The van der Waals surface area contributed by atoms with Crippen LogP contribution < -0.4 is 10.8 Å². The molecule has 0 fully saturated rings. The number of para-hydroxylation sites is 1. The Morgan fingerprint density at radius 2 is 2.33 bits per heavy atom. The molecular formula is C12H18N2O. The SMILES string of the molecule is CCN1CC(C)c2cccc(CON)c21. The van der Waals surface area contributed by atoms with Crippen molar-refractivity contribution in [1.29, 1.82) is 0 Å². The zero-order valence-electron chi connectivity index (χ0n) is 9.36. The third-order valence-corrected chi connectivity index (χ3v) is 3.11. The number of nitrogens with two attached hydrogens (primary N) is 1. The predicted molar refractivity (Wildman–Crippen MR) is 61.7 cm³/mol. The van der Waals surface area contributed by atoms with Crippen molar-refractivity contribution in [3.8, 4) is 0 Å². The molecule has 3 heteroatoms. The third-order valence-electron chi connectivity index (χ3n) is 3.11. The van der Waals surface area contributed by atoms with Gasteiger partial charge in [-0.25, -0.2) is 5.90 Å². The van der Waals surface area contributed by atoms with Crippen LogP contribution in [0.4, 0.5) is 5.69 Å². The molecule has 3 nitrogen and oxygen atoms in total. The minimum atomic E-state index is 0.492. The highest BCUT2D eigenvalue weighted by molar-refractivity contribution is 5.64. The topological polar surface area (TPSA) is 38.5 Å². The van der Waals surface area contributed by atoms with Crippen molar-refractivity contribution in [3.63, 3.8) is 0 Å². The van der Waals surface area contributed by atoms with E-state index in [1.807, 2.05) is 0 Å². The van der Waals surface area contributed by atoms with Crippen LogP contribution in [0.25, 0.3) is 0 Å². The molecule has 2 N–H and O–H groups in total. The van der Waals surface area contributed by atoms with Gasteiger partial charge in [-0.2, -0.15) is 0 Å². The van der Waals surface area contributed by atoms with Gasteiger partial charge in [0.25, 0.3) is 0 Å². The summed E-state index contributed by atoms with van der Waals surface area (Å²) in [7, 11) is 0. The molecule has 1 aromatic rings. The van der Waals surface area contributed by atoms with Gasteiger partial charge < -0.3 is 4.90 Å². The van der Waals surface area contributed by atoms with Crippen LogP contribution in [0, 0.1) is 0 Å². The van der Waals surface area contributed by atoms with Gasteiger partial charge in [0, 0.05) is 30.3 Å². The highest BCUT2D eigenvalue weighted by atomic mass is 16.6. The summed E-state index contributed by atoms with van der Waals surface area (Å²) in [4.78, 5) is 7.15. The van der Waals surface area contributed by atoms with E-state index in [2.05, 4.69) is 36.9 Å². The van der Waals surface area contributed by atoms with E-state index in [0.717, 1.165) is 13.1 Å². The Morgan fingerprint density at radius 3 is 3.00 bits per heavy atom. The van der Waals surface area contributed by atoms with E-state index in [1.54, 1.807) is 0 Å². The zero-order chi connectivity index (χ0) is 10.8. The molecule has 1 aromatic carbocycles. The van der Waals surface area contributed by atoms with Crippen LogP contribution >= 0.6 is 0 Å². The van der Waals surface area contributed by atoms with E-state index in [0.29, 0.717) is 12.5 Å². The van der Waals surface area contributed by atoms with Gasteiger partial charge in [0.05, 0.1) is 6.61 Å². The van der Waals surface area contributed by atoms with Gasteiger partial charge in [-0.05, 0) is 12.5 Å². The van der Waals surface area contributed by atoms with Crippen LogP contribution in [0.3, 0.4) is 0 Å². The van der Waals surface area contributed by atoms with E-state index >= 15 is 0 Å². The number of benzene rings is 1. The summed E-state index contributed by atoms with van der Waals surface area (Å²) in [5.74, 6) is 5.77. The molecule has 15 heavy (non-hydrogen) atoms. The lowest BCUT2D eigenvalue weighted by Gasteiger charge is -2.19. The predicted octanol–water partition coefficient (Wildman–Crippen LogP) is 2.02. The molecule has 0 aromatic heterocycles. The number of likely N-dealkylation sites (N-methyl/N-ethyl adjacent to an activating group) is 1. The van der Waals surface area contributed by atoms with E-state index in [4.69, 9.17) is 10.7 Å². The molecule has 0 saturated heterocycles. The van der Waals surface area contributed by atoms with Crippen LogP contribution in [0.1, 0.15) is 30.9 Å². The van der Waals surface area contributed by atoms with Gasteiger partial charge in [0.1, 0.15) is 0 Å². The Bertz CT molecular complexity index is 351. The van der Waals surface area contributed by atoms with Crippen LogP contribution in [0.15, 0.2) is 18.2 Å². The number of nitrogens with zero attached hydrogens (tertiary/aromatic N) is 1. The van der Waals surface area contributed by atoms with Crippen molar-refractivity contribution in [2.45, 2.75) is 26.4 Å². The largest absolute Gasteiger partial charge is 0.371 e. The van der Waals surface area contributed by atoms with Gasteiger partial charge >= 0.3 is 0 Å². The second kappa shape index (κ2) is 4.21. The Hall–Kier alpha value is -1.06. The lowest BCUT2D eigenvalue weighted by molar-refractivity contribution is 0.124. The molecule has 1 heterocycles. The van der Waals surface area contributed by atoms with E-state index in [9.17, 15) is 0 Å². The summed E-state index contributed by atoms with van der Waals surface area (Å²) < 4.78 is 0. The highest BCUT2D eigenvalue weighted by Crippen LogP contribution is 2.38. The van der Waals surface area contributed by atoms with Crippen LogP contribution in [0.5, 0.6) is 0 Å². The Balaban J connectivity index is 2.43. The first-order chi connectivity index (χ1) is 7.27. The van der Waals surface area contributed by atoms with Gasteiger partial charge in [-0.15, -0.1) is 0 Å². The van der Waals surface area contributed by atoms with Crippen molar-refractivity contribution in [1.82, 2.24) is 0 Å². The van der Waals surface area contributed by atoms with Gasteiger partial charge in [0.2, 0.25) is 0 Å². The highest BCUT2D eigenvalue weighted by Gasteiger charge is 2.26. The number of anilines is 1. The number of fused-ring (bicyclic) bond motifs is 1. The van der Waals surface area contributed by atoms with Crippen molar-refractivity contribution < 1.29 is 4.84 Å². The Morgan fingerprint density at radius 1 is 1.53 bits per heavy atom. The maximum Gasteiger partial charge on any atom is 0.0950 e. The number of hydrogen-bond acceptors (Lipinski definition) is 3. The lowest BCUT2D eigenvalue weighted by Crippen LogP contribution is -2.21. The average Bonchev–Trinajstić information content (AvgIpc) is 2.58. The molecule has 0 aliphatic carbocycles. The third kappa shape index (κ3) is 1.73. The molecule has 0 spiro atoms. The lowest BCUT2D eigenvalue weighted by atomic mass is 10.0. The summed E-state index contributed by atoms with van der Waals surface area (Å²) in [5.41, 5.74) is 3.95. The van der Waals surface area contributed by atoms with Crippen LogP contribution in [-0.4, -0.2) is 13.1 Å². The molecule has 1 aliphatic heterocycles. The van der Waals surface area contributed by atoms with Crippen molar-refractivity contribution >= 4 is 5.69 Å². The average molecular weight is 206 g/mol. The maximum atomic E-state index is 5.16. The second-order valence-corrected chi connectivity index (χ2v) is 4.11. The minimum Gasteiger partial charge on any atom is -0.371 e. The van der Waals surface area contributed by atoms with Crippen LogP contribution in [0.2, 0.25) is 0 Å². The van der Waals surface area contributed by atoms with E-state index < -0.39 is 0 Å². The fourth-order valence-corrected chi connectivity index (χ4v) is 2.41. The minimum absolute atomic E-state index is 0.492. The van der Waals surface area contributed by atoms with Crippen LogP contribution in [-0.2, 0) is 11.4 Å². The summed E-state index contributed by atoms with van der Waals surface area (Å²) >= 11 is 0. The molecule has 82 valence electrons. The monoisotopic (exact) mass is 206 g/mol. The number of rotatable bonds is 3. The quantitative estimate of drug-likeness (QED) is 0.769. The molecule has 0 bridgehead atoms. The van der Waals surface area contributed by atoms with Crippen molar-refractivity contribution in [3.05, 3.63) is 29.3 Å². The molecule has 1 unspecified atom stereocenters. The van der Waals surface area contributed by atoms with Gasteiger partial charge in [-0.1, -0.05) is 25.1 Å². The summed E-state index contributed by atoms with van der Waals surface area (Å²) in [5, 5.41) is 0. The summed E-state index contributed by atoms with van der Waals surface area (Å²) in [6.07, 6.45) is 0. The second-order valence-electron chi connectivity index (χ2n) is 4.11. The maximum absolute atomic E-state index is 5.16. The fourth-order valence-electron chi connectivity index (χ4n) is 2.41. The summed E-state index contributed by atoms with van der Waals surface area (Å²) in [6, 6.07) is 6.38. The van der Waals surface area contributed by atoms with E-state index in [1.165, 1.54) is 16.8 Å². The Kier molecular flexibility index (Phi) is 2.93. The molecule has 0 radical (unpaired) electrons. The molecule has 0 saturated carbocycles. The zero-order valence-corrected chi connectivity index (χ0v) is 9.36. The van der Waals surface area contributed by atoms with Gasteiger partial charge in [0.15, 0.2) is 0 Å². The van der Waals surface area contributed by atoms with Crippen molar-refractivity contribution in [2.24, 2.45) is 5.90 Å². The summed E-state index contributed by atoms with van der Waals surface area (Å²) in [6.45, 7) is 7.09. The molecule has 1 atom stereocenters. The normalized spacial score (nSPS) is 19.4. The molecule has 2 rings (SSSR count). The first-order valence-electron chi connectivity index (χ1n) is 5.46. The standard InChI is InChI=1S/C12H18N2O/c1-3-14-7-9(2)11-6-4-5-10(8-15-13)12(11)14/h4-6,9H,3,7-8,13H2,1-2H3. The fraction of sp³-hybridized carbons (Fsp3) is 0.500. The Labute approximate surface area is 90.8 Å². The number of hydrogen-bond donors (Lipinski definition) is 1. The van der Waals surface area contributed by atoms with Crippen molar-refractivity contribution in [2.75, 3.05) is 18.0 Å². The van der Waals surface area contributed by atoms with Gasteiger partial charge in [-0.3, -0.25) is 4.84 Å². The molecule has 0 amide bonds. The first-order valence-corrected chi connectivity index (χ1v) is 5.46. The first kappa shape index (κ1) is 10.5. The smallest absolute Gasteiger partial charge is 0.0950 e. The molecule has 1 aliphatic rings. The van der Waals surface area contributed by atoms with E-state index in [-0.39, 0.29) is 0 Å².